The van der Waals surface area contributed by atoms with Crippen molar-refractivity contribution in [2.75, 3.05) is 30.8 Å². The predicted octanol–water partition coefficient (Wildman–Crippen LogP) is 5.58. The van der Waals surface area contributed by atoms with Crippen molar-refractivity contribution >= 4 is 34.9 Å². The van der Waals surface area contributed by atoms with Gasteiger partial charge in [0.2, 0.25) is 6.54 Å². The van der Waals surface area contributed by atoms with E-state index in [4.69, 9.17) is 22.9 Å². The van der Waals surface area contributed by atoms with Crippen molar-refractivity contribution in [3.63, 3.8) is 0 Å². The molecule has 2 rings (SSSR count). The van der Waals surface area contributed by atoms with Crippen molar-refractivity contribution in [1.29, 1.82) is 0 Å². The van der Waals surface area contributed by atoms with Gasteiger partial charge in [-0.3, -0.25) is 4.79 Å². The molecule has 0 fully saturated rings. The molecule has 13 heteroatoms. The number of likely N-dealkylation sites (N-methyl/N-ethyl adjacent to an activating group) is 1. The fourth-order valence-corrected chi connectivity index (χ4v) is 2.70. The summed E-state index contributed by atoms with van der Waals surface area (Å²) in [5, 5.41) is 4.02. The summed E-state index contributed by atoms with van der Waals surface area (Å²) in [6.45, 7) is 7.38. The fraction of sp³-hybridized carbons (Fsp3) is 0.286. The second-order valence-electron chi connectivity index (χ2n) is 6.91. The molecule has 3 amide bonds. The van der Waals surface area contributed by atoms with Crippen LogP contribution in [0.4, 0.5) is 38.1 Å². The van der Waals surface area contributed by atoms with E-state index >= 15 is 0 Å². The molecule has 1 atom stereocenters. The molecule has 0 aliphatic rings. The minimum Gasteiger partial charge on any atom is -0.480 e. The largest absolute Gasteiger partial charge is 0.480 e. The average Bonchev–Trinajstić information content (AvgIpc) is 2.75. The van der Waals surface area contributed by atoms with Gasteiger partial charge in [-0.15, -0.1) is 0 Å². The highest BCUT2D eigenvalue weighted by atomic mass is 35.5. The third-order valence-electron chi connectivity index (χ3n) is 4.42. The SMILES string of the molecule is [C-]#[N+]CCN(C)C(=O)Nc1cc(O[C@@H](C)C(F)(F)F)c(C(=O)Nc2c(F)cccc2Cl)cc1F. The van der Waals surface area contributed by atoms with Crippen LogP contribution in [-0.2, 0) is 0 Å². The molecule has 182 valence electrons. The lowest BCUT2D eigenvalue weighted by Gasteiger charge is -2.21. The smallest absolute Gasteiger partial charge is 0.425 e. The van der Waals surface area contributed by atoms with Crippen molar-refractivity contribution in [3.05, 3.63) is 64.0 Å². The van der Waals surface area contributed by atoms with E-state index in [9.17, 15) is 31.5 Å². The van der Waals surface area contributed by atoms with Crippen LogP contribution in [0.5, 0.6) is 5.75 Å². The van der Waals surface area contributed by atoms with Crippen LogP contribution in [0, 0.1) is 18.2 Å². The van der Waals surface area contributed by atoms with E-state index in [0.717, 1.165) is 11.0 Å². The van der Waals surface area contributed by atoms with Gasteiger partial charge in [-0.2, -0.15) is 13.2 Å². The number of halogens is 6. The Kier molecular flexibility index (Phi) is 8.64. The first-order chi connectivity index (χ1) is 15.8. The summed E-state index contributed by atoms with van der Waals surface area (Å²) in [5.74, 6) is -4.04. The summed E-state index contributed by atoms with van der Waals surface area (Å²) in [6.07, 6.45) is -7.24. The standard InChI is InChI=1S/C21H18ClF5N4O3/c1-11(21(25,26)27)34-17-10-16(29-20(33)31(3)8-7-28-2)15(24)9-12(17)19(32)30-18-13(22)5-4-6-14(18)23/h4-6,9-11H,7-8H2,1,3H3,(H,29,33)(H,30,32)/t11-/m0/s1. The average molecular weight is 505 g/mol. The number of ether oxygens (including phenoxy) is 1. The van der Waals surface area contributed by atoms with E-state index in [2.05, 4.69) is 15.5 Å². The number of hydrogen-bond donors (Lipinski definition) is 2. The van der Waals surface area contributed by atoms with E-state index in [1.165, 1.54) is 19.2 Å². The van der Waals surface area contributed by atoms with Gasteiger partial charge in [-0.1, -0.05) is 17.7 Å². The molecule has 2 aromatic carbocycles. The number of benzene rings is 2. The molecule has 0 radical (unpaired) electrons. The molecule has 0 aliphatic heterocycles. The molecule has 0 unspecified atom stereocenters. The second-order valence-corrected chi connectivity index (χ2v) is 7.32. The molecule has 34 heavy (non-hydrogen) atoms. The molecule has 0 saturated carbocycles. The van der Waals surface area contributed by atoms with E-state index < -0.39 is 58.5 Å². The Morgan fingerprint density at radius 2 is 1.88 bits per heavy atom. The maximum atomic E-state index is 14.7. The van der Waals surface area contributed by atoms with Crippen LogP contribution in [0.25, 0.3) is 4.85 Å². The van der Waals surface area contributed by atoms with E-state index in [1.54, 1.807) is 0 Å². The summed E-state index contributed by atoms with van der Waals surface area (Å²) in [6, 6.07) is 3.89. The molecular formula is C21H18ClF5N4O3. The van der Waals surface area contributed by atoms with Gasteiger partial charge < -0.3 is 25.1 Å². The van der Waals surface area contributed by atoms with Crippen LogP contribution in [0.1, 0.15) is 17.3 Å². The highest BCUT2D eigenvalue weighted by Crippen LogP contribution is 2.33. The quantitative estimate of drug-likeness (QED) is 0.382. The van der Waals surface area contributed by atoms with Gasteiger partial charge in [0.25, 0.3) is 5.91 Å². The monoisotopic (exact) mass is 504 g/mol. The van der Waals surface area contributed by atoms with Crippen molar-refractivity contribution in [2.45, 2.75) is 19.2 Å². The van der Waals surface area contributed by atoms with Crippen LogP contribution in [0.2, 0.25) is 5.02 Å². The normalized spacial score (nSPS) is 11.9. The topological polar surface area (TPSA) is 75.0 Å². The third-order valence-corrected chi connectivity index (χ3v) is 4.73. The summed E-state index contributed by atoms with van der Waals surface area (Å²) in [7, 11) is 1.32. The highest BCUT2D eigenvalue weighted by Gasteiger charge is 2.39. The van der Waals surface area contributed by atoms with Gasteiger partial charge in [0.1, 0.15) is 17.4 Å². The minimum atomic E-state index is -4.83. The summed E-state index contributed by atoms with van der Waals surface area (Å²) < 4.78 is 72.8. The van der Waals surface area contributed by atoms with Gasteiger partial charge >= 0.3 is 12.2 Å². The molecular weight excluding hydrogens is 487 g/mol. The van der Waals surface area contributed by atoms with Gasteiger partial charge in [0.05, 0.1) is 28.5 Å². The number of nitrogens with one attached hydrogen (secondary N) is 2. The van der Waals surface area contributed by atoms with Crippen LogP contribution in [0.3, 0.4) is 0 Å². The van der Waals surface area contributed by atoms with Crippen LogP contribution >= 0.6 is 11.6 Å². The lowest BCUT2D eigenvalue weighted by Crippen LogP contribution is -2.34. The zero-order valence-corrected chi connectivity index (χ0v) is 18.5. The van der Waals surface area contributed by atoms with Gasteiger partial charge in [-0.05, 0) is 25.1 Å². The molecule has 0 bridgehead atoms. The van der Waals surface area contributed by atoms with Crippen LogP contribution in [-0.4, -0.2) is 49.3 Å². The lowest BCUT2D eigenvalue weighted by molar-refractivity contribution is -0.189. The Morgan fingerprint density at radius 1 is 1.21 bits per heavy atom. The number of urea groups is 1. The number of anilines is 2. The number of alkyl halides is 3. The number of nitrogens with zero attached hydrogens (tertiary/aromatic N) is 2. The van der Waals surface area contributed by atoms with Crippen LogP contribution < -0.4 is 15.4 Å². The molecule has 2 aromatic rings. The maximum absolute atomic E-state index is 14.7. The Balaban J connectivity index is 2.44. The van der Waals surface area contributed by atoms with Crippen molar-refractivity contribution in [1.82, 2.24) is 4.90 Å². The minimum absolute atomic E-state index is 0.00923. The zero-order valence-electron chi connectivity index (χ0n) is 17.8. The first kappa shape index (κ1) is 26.7. The first-order valence-electron chi connectivity index (χ1n) is 9.52. The number of amides is 3. The Morgan fingerprint density at radius 3 is 2.47 bits per heavy atom. The zero-order chi connectivity index (χ0) is 25.6. The molecule has 0 aromatic heterocycles. The Labute approximate surface area is 196 Å². The molecule has 0 aliphatic carbocycles. The van der Waals surface area contributed by atoms with Crippen molar-refractivity contribution < 1.29 is 36.3 Å². The van der Waals surface area contributed by atoms with Crippen molar-refractivity contribution in [2.24, 2.45) is 0 Å². The highest BCUT2D eigenvalue weighted by molar-refractivity contribution is 6.34. The van der Waals surface area contributed by atoms with Gasteiger partial charge in [0, 0.05) is 13.1 Å². The van der Waals surface area contributed by atoms with E-state index in [1.807, 2.05) is 0 Å². The second kappa shape index (κ2) is 11.0. The molecule has 7 nitrogen and oxygen atoms in total. The number of rotatable bonds is 7. The number of hydrogen-bond acceptors (Lipinski definition) is 3. The van der Waals surface area contributed by atoms with Gasteiger partial charge in [0.15, 0.2) is 6.10 Å². The molecule has 0 saturated heterocycles. The molecule has 0 spiro atoms. The summed E-state index contributed by atoms with van der Waals surface area (Å²) in [5.41, 5.74) is -1.75. The number of carbonyl (C=O) groups is 2. The maximum Gasteiger partial charge on any atom is 0.425 e. The van der Waals surface area contributed by atoms with E-state index in [0.29, 0.717) is 19.1 Å². The lowest BCUT2D eigenvalue weighted by atomic mass is 10.1. The first-order valence-corrected chi connectivity index (χ1v) is 9.90. The third kappa shape index (κ3) is 6.71. The van der Waals surface area contributed by atoms with Crippen LogP contribution in [0.15, 0.2) is 30.3 Å². The fourth-order valence-electron chi connectivity index (χ4n) is 2.49. The summed E-state index contributed by atoms with van der Waals surface area (Å²) in [4.78, 5) is 29.0. The molecule has 0 heterocycles. The number of para-hydroxylation sites is 1. The Bertz CT molecular complexity index is 1100. The number of carbonyl (C=O) groups excluding carboxylic acids is 2. The van der Waals surface area contributed by atoms with E-state index in [-0.39, 0.29) is 18.1 Å². The molecule has 2 N–H and O–H groups in total. The summed E-state index contributed by atoms with van der Waals surface area (Å²) >= 11 is 5.85. The van der Waals surface area contributed by atoms with Crippen molar-refractivity contribution in [3.8, 4) is 5.75 Å². The predicted molar refractivity (Wildman–Crippen MR) is 115 cm³/mol. The van der Waals surface area contributed by atoms with Gasteiger partial charge in [-0.25, -0.2) is 20.1 Å². The Hall–Kier alpha value is -3.59.